The highest BCUT2D eigenvalue weighted by atomic mass is 32.1. The fourth-order valence-corrected chi connectivity index (χ4v) is 2.38. The maximum atomic E-state index is 12.8. The standard InChI is InChI=1S/C18H19FN2O2S/c1-23-17(22)14-5-2-6-16(12-14)21-18(24)20-11-3-4-13-7-9-15(19)10-8-13/h2,5-10,12H,3-4,11H2,1H3,(H2,20,21,24). The van der Waals surface area contributed by atoms with Crippen molar-refractivity contribution in [2.75, 3.05) is 19.0 Å². The highest BCUT2D eigenvalue weighted by Gasteiger charge is 2.06. The first-order valence-corrected chi connectivity index (χ1v) is 7.97. The van der Waals surface area contributed by atoms with Gasteiger partial charge in [-0.2, -0.15) is 0 Å². The topological polar surface area (TPSA) is 50.4 Å². The molecule has 0 aliphatic rings. The fourth-order valence-electron chi connectivity index (χ4n) is 2.16. The predicted molar refractivity (Wildman–Crippen MR) is 96.7 cm³/mol. The Hall–Kier alpha value is -2.47. The lowest BCUT2D eigenvalue weighted by Crippen LogP contribution is -2.29. The van der Waals surface area contributed by atoms with E-state index >= 15 is 0 Å². The molecule has 0 bridgehead atoms. The van der Waals surface area contributed by atoms with Gasteiger partial charge in [-0.1, -0.05) is 18.2 Å². The van der Waals surface area contributed by atoms with E-state index in [0.717, 1.165) is 18.4 Å². The second-order valence-electron chi connectivity index (χ2n) is 5.18. The monoisotopic (exact) mass is 346 g/mol. The van der Waals surface area contributed by atoms with E-state index in [-0.39, 0.29) is 5.82 Å². The third-order valence-electron chi connectivity index (χ3n) is 3.38. The summed E-state index contributed by atoms with van der Waals surface area (Å²) in [4.78, 5) is 11.5. The van der Waals surface area contributed by atoms with E-state index in [2.05, 4.69) is 15.4 Å². The summed E-state index contributed by atoms with van der Waals surface area (Å²) in [6.07, 6.45) is 1.71. The lowest BCUT2D eigenvalue weighted by molar-refractivity contribution is 0.0601. The van der Waals surface area contributed by atoms with E-state index in [9.17, 15) is 9.18 Å². The van der Waals surface area contributed by atoms with Crippen LogP contribution in [0.3, 0.4) is 0 Å². The summed E-state index contributed by atoms with van der Waals surface area (Å²) in [5.41, 5.74) is 2.26. The Morgan fingerprint density at radius 1 is 1.21 bits per heavy atom. The molecule has 2 aromatic carbocycles. The van der Waals surface area contributed by atoms with Crippen LogP contribution in [0.15, 0.2) is 48.5 Å². The van der Waals surface area contributed by atoms with Crippen LogP contribution in [-0.2, 0) is 11.2 Å². The summed E-state index contributed by atoms with van der Waals surface area (Å²) >= 11 is 5.23. The zero-order chi connectivity index (χ0) is 17.4. The molecular weight excluding hydrogens is 327 g/mol. The van der Waals surface area contributed by atoms with Crippen LogP contribution in [0.5, 0.6) is 0 Å². The maximum Gasteiger partial charge on any atom is 0.337 e. The normalized spacial score (nSPS) is 10.1. The van der Waals surface area contributed by atoms with Crippen molar-refractivity contribution in [2.45, 2.75) is 12.8 Å². The molecule has 0 saturated heterocycles. The van der Waals surface area contributed by atoms with Crippen molar-refractivity contribution in [1.29, 1.82) is 0 Å². The fraction of sp³-hybridized carbons (Fsp3) is 0.222. The third kappa shape index (κ3) is 5.62. The molecule has 2 N–H and O–H groups in total. The first-order valence-electron chi connectivity index (χ1n) is 7.56. The minimum atomic E-state index is -0.392. The minimum Gasteiger partial charge on any atom is -0.465 e. The molecule has 2 rings (SSSR count). The minimum absolute atomic E-state index is 0.226. The van der Waals surface area contributed by atoms with E-state index in [4.69, 9.17) is 12.2 Å². The number of thiocarbonyl (C=S) groups is 1. The van der Waals surface area contributed by atoms with Crippen molar-refractivity contribution in [1.82, 2.24) is 5.32 Å². The molecule has 0 radical (unpaired) electrons. The number of methoxy groups -OCH3 is 1. The second-order valence-corrected chi connectivity index (χ2v) is 5.59. The van der Waals surface area contributed by atoms with E-state index in [1.54, 1.807) is 30.3 Å². The van der Waals surface area contributed by atoms with Gasteiger partial charge < -0.3 is 15.4 Å². The molecule has 6 heteroatoms. The Labute approximate surface area is 146 Å². The van der Waals surface area contributed by atoms with Gasteiger partial charge in [0.25, 0.3) is 0 Å². The van der Waals surface area contributed by atoms with Gasteiger partial charge in [0.1, 0.15) is 5.82 Å². The summed E-state index contributed by atoms with van der Waals surface area (Å²) in [5.74, 6) is -0.617. The molecule has 0 unspecified atom stereocenters. The molecule has 0 aliphatic carbocycles. The van der Waals surface area contributed by atoms with Gasteiger partial charge >= 0.3 is 5.97 Å². The predicted octanol–water partition coefficient (Wildman–Crippen LogP) is 3.53. The smallest absolute Gasteiger partial charge is 0.337 e. The van der Waals surface area contributed by atoms with E-state index in [1.807, 2.05) is 6.07 Å². The molecule has 126 valence electrons. The largest absolute Gasteiger partial charge is 0.465 e. The number of halogens is 1. The number of nitrogens with one attached hydrogen (secondary N) is 2. The van der Waals surface area contributed by atoms with Gasteiger partial charge in [-0.05, 0) is 61.0 Å². The molecule has 0 aliphatic heterocycles. The van der Waals surface area contributed by atoms with Crippen molar-refractivity contribution in [3.8, 4) is 0 Å². The Morgan fingerprint density at radius 3 is 2.67 bits per heavy atom. The molecule has 0 spiro atoms. The van der Waals surface area contributed by atoms with Crippen molar-refractivity contribution in [3.63, 3.8) is 0 Å². The third-order valence-corrected chi connectivity index (χ3v) is 3.63. The van der Waals surface area contributed by atoms with Gasteiger partial charge in [-0.25, -0.2) is 9.18 Å². The average molecular weight is 346 g/mol. The Morgan fingerprint density at radius 2 is 1.96 bits per heavy atom. The lowest BCUT2D eigenvalue weighted by Gasteiger charge is -2.11. The van der Waals surface area contributed by atoms with Crippen LogP contribution in [-0.4, -0.2) is 24.7 Å². The van der Waals surface area contributed by atoms with Crippen molar-refractivity contribution < 1.29 is 13.9 Å². The molecule has 2 aromatic rings. The average Bonchev–Trinajstić information content (AvgIpc) is 2.60. The van der Waals surface area contributed by atoms with E-state index in [0.29, 0.717) is 22.9 Å². The molecule has 24 heavy (non-hydrogen) atoms. The quantitative estimate of drug-likeness (QED) is 0.476. The number of ether oxygens (including phenoxy) is 1. The molecule has 4 nitrogen and oxygen atoms in total. The summed E-state index contributed by atoms with van der Waals surface area (Å²) in [7, 11) is 1.34. The van der Waals surface area contributed by atoms with Crippen LogP contribution in [0.2, 0.25) is 0 Å². The van der Waals surface area contributed by atoms with Gasteiger partial charge in [-0.3, -0.25) is 0 Å². The second kappa shape index (κ2) is 8.98. The SMILES string of the molecule is COC(=O)c1cccc(NC(=S)NCCCc2ccc(F)cc2)c1. The van der Waals surface area contributed by atoms with Gasteiger partial charge in [0.15, 0.2) is 5.11 Å². The Kier molecular flexibility index (Phi) is 6.69. The molecule has 0 saturated carbocycles. The number of hydrogen-bond donors (Lipinski definition) is 2. The number of carbonyl (C=O) groups is 1. The summed E-state index contributed by atoms with van der Waals surface area (Å²) in [6.45, 7) is 0.694. The molecule has 0 amide bonds. The van der Waals surface area contributed by atoms with Gasteiger partial charge in [0.2, 0.25) is 0 Å². The van der Waals surface area contributed by atoms with Crippen molar-refractivity contribution >= 4 is 29.0 Å². The number of rotatable bonds is 6. The van der Waals surface area contributed by atoms with Crippen LogP contribution in [0.4, 0.5) is 10.1 Å². The van der Waals surface area contributed by atoms with Crippen LogP contribution in [0, 0.1) is 5.82 Å². The first-order chi connectivity index (χ1) is 11.6. The molecule has 0 heterocycles. The Balaban J connectivity index is 1.75. The molecule has 0 fully saturated rings. The van der Waals surface area contributed by atoms with E-state index < -0.39 is 5.97 Å². The number of anilines is 1. The summed E-state index contributed by atoms with van der Waals surface area (Å²) in [6, 6.07) is 13.4. The lowest BCUT2D eigenvalue weighted by atomic mass is 10.1. The van der Waals surface area contributed by atoms with Gasteiger partial charge in [-0.15, -0.1) is 0 Å². The van der Waals surface area contributed by atoms with Crippen LogP contribution in [0.1, 0.15) is 22.3 Å². The van der Waals surface area contributed by atoms with E-state index in [1.165, 1.54) is 19.2 Å². The van der Waals surface area contributed by atoms with Gasteiger partial charge in [0, 0.05) is 12.2 Å². The zero-order valence-electron chi connectivity index (χ0n) is 13.3. The molecular formula is C18H19FN2O2S. The van der Waals surface area contributed by atoms with Crippen LogP contribution in [0.25, 0.3) is 0 Å². The molecule has 0 atom stereocenters. The molecule has 0 aromatic heterocycles. The Bertz CT molecular complexity index is 704. The number of hydrogen-bond acceptors (Lipinski definition) is 3. The van der Waals surface area contributed by atoms with Crippen molar-refractivity contribution in [2.24, 2.45) is 0 Å². The summed E-state index contributed by atoms with van der Waals surface area (Å²) in [5, 5.41) is 6.62. The number of benzene rings is 2. The number of aryl methyl sites for hydroxylation is 1. The number of carbonyl (C=O) groups excluding carboxylic acids is 1. The highest BCUT2D eigenvalue weighted by molar-refractivity contribution is 7.80. The van der Waals surface area contributed by atoms with Gasteiger partial charge in [0.05, 0.1) is 12.7 Å². The number of esters is 1. The van der Waals surface area contributed by atoms with Crippen LogP contribution >= 0.6 is 12.2 Å². The zero-order valence-corrected chi connectivity index (χ0v) is 14.2. The first kappa shape index (κ1) is 17.9. The summed E-state index contributed by atoms with van der Waals surface area (Å²) < 4.78 is 17.5. The van der Waals surface area contributed by atoms with Crippen LogP contribution < -0.4 is 10.6 Å². The maximum absolute atomic E-state index is 12.8. The van der Waals surface area contributed by atoms with Crippen molar-refractivity contribution in [3.05, 3.63) is 65.5 Å². The highest BCUT2D eigenvalue weighted by Crippen LogP contribution is 2.11.